The molecule has 0 saturated carbocycles. The molecule has 0 saturated heterocycles. The standard InChI is InChI=1S/C28H29N3O/c1-20-18-26(29)25-19-23(16-17-27(25)30-20)31-28(32)24-15-9-8-14-22(24)13-7-3-6-12-21-10-4-2-5-11-21/h2,4-5,8-11,14-19H,3,6-7,12-13H2,1H3,(H2,29,30)(H,31,32). The molecular formula is C28H29N3O. The highest BCUT2D eigenvalue weighted by atomic mass is 16.1. The number of anilines is 2. The number of amides is 1. The number of carbonyl (C=O) groups excluding carboxylic acids is 1. The summed E-state index contributed by atoms with van der Waals surface area (Å²) in [6.45, 7) is 1.92. The summed E-state index contributed by atoms with van der Waals surface area (Å²) in [5.74, 6) is -0.0946. The van der Waals surface area contributed by atoms with Gasteiger partial charge in [0.15, 0.2) is 0 Å². The lowest BCUT2D eigenvalue weighted by Gasteiger charge is -2.12. The van der Waals surface area contributed by atoms with Crippen LogP contribution in [-0.4, -0.2) is 10.9 Å². The molecule has 0 fully saturated rings. The number of unbranched alkanes of at least 4 members (excludes halogenated alkanes) is 2. The first-order valence-electron chi connectivity index (χ1n) is 11.2. The van der Waals surface area contributed by atoms with Crippen LogP contribution in [0.4, 0.5) is 11.4 Å². The zero-order valence-electron chi connectivity index (χ0n) is 18.5. The van der Waals surface area contributed by atoms with E-state index in [1.807, 2.05) is 49.4 Å². The molecule has 3 aromatic carbocycles. The van der Waals surface area contributed by atoms with Crippen molar-refractivity contribution in [2.45, 2.75) is 39.0 Å². The minimum absolute atomic E-state index is 0.0946. The van der Waals surface area contributed by atoms with Gasteiger partial charge in [0.2, 0.25) is 0 Å². The minimum Gasteiger partial charge on any atom is -0.398 e. The predicted molar refractivity (Wildman–Crippen MR) is 133 cm³/mol. The van der Waals surface area contributed by atoms with E-state index in [9.17, 15) is 4.79 Å². The molecule has 0 radical (unpaired) electrons. The SMILES string of the molecule is Cc1cc(N)c2cc(NC(=O)c3ccccc3CCCCCc3ccccc3)ccc2n1. The van der Waals surface area contributed by atoms with E-state index in [1.54, 1.807) is 0 Å². The van der Waals surface area contributed by atoms with E-state index in [-0.39, 0.29) is 5.91 Å². The number of hydrogen-bond donors (Lipinski definition) is 2. The lowest BCUT2D eigenvalue weighted by Crippen LogP contribution is -2.14. The summed E-state index contributed by atoms with van der Waals surface area (Å²) in [5.41, 5.74) is 12.4. The van der Waals surface area contributed by atoms with Crippen LogP contribution in [0.5, 0.6) is 0 Å². The number of benzene rings is 3. The Morgan fingerprint density at radius 1 is 0.875 bits per heavy atom. The Kier molecular flexibility index (Phi) is 6.81. The van der Waals surface area contributed by atoms with Crippen LogP contribution in [0.1, 0.15) is 46.4 Å². The first-order chi connectivity index (χ1) is 15.6. The van der Waals surface area contributed by atoms with Gasteiger partial charge in [-0.15, -0.1) is 0 Å². The van der Waals surface area contributed by atoms with Crippen molar-refractivity contribution in [2.75, 3.05) is 11.1 Å². The summed E-state index contributed by atoms with van der Waals surface area (Å²) >= 11 is 0. The number of hydrogen-bond acceptors (Lipinski definition) is 3. The maximum atomic E-state index is 13.0. The van der Waals surface area contributed by atoms with Crippen LogP contribution in [0.25, 0.3) is 10.9 Å². The van der Waals surface area contributed by atoms with Crippen LogP contribution in [0.2, 0.25) is 0 Å². The van der Waals surface area contributed by atoms with E-state index in [2.05, 4.69) is 46.7 Å². The van der Waals surface area contributed by atoms with E-state index in [4.69, 9.17) is 5.73 Å². The summed E-state index contributed by atoms with van der Waals surface area (Å²) in [4.78, 5) is 17.5. The molecule has 162 valence electrons. The lowest BCUT2D eigenvalue weighted by atomic mass is 9.99. The van der Waals surface area contributed by atoms with Crippen molar-refractivity contribution in [3.8, 4) is 0 Å². The average molecular weight is 424 g/mol. The fraction of sp³-hybridized carbons (Fsp3) is 0.214. The van der Waals surface area contributed by atoms with Gasteiger partial charge in [-0.2, -0.15) is 0 Å². The van der Waals surface area contributed by atoms with Crippen LogP contribution < -0.4 is 11.1 Å². The molecule has 4 aromatic rings. The van der Waals surface area contributed by atoms with Gasteiger partial charge in [0.1, 0.15) is 0 Å². The van der Waals surface area contributed by atoms with Gasteiger partial charge in [0.25, 0.3) is 5.91 Å². The van der Waals surface area contributed by atoms with Gasteiger partial charge in [-0.3, -0.25) is 9.78 Å². The van der Waals surface area contributed by atoms with Gasteiger partial charge in [-0.1, -0.05) is 55.0 Å². The van der Waals surface area contributed by atoms with E-state index in [0.717, 1.165) is 65.5 Å². The van der Waals surface area contributed by atoms with Gasteiger partial charge in [-0.05, 0) is 74.1 Å². The van der Waals surface area contributed by atoms with Crippen LogP contribution in [-0.2, 0) is 12.8 Å². The number of aromatic nitrogens is 1. The summed E-state index contributed by atoms with van der Waals surface area (Å²) in [6, 6.07) is 26.0. The molecule has 1 heterocycles. The van der Waals surface area contributed by atoms with Gasteiger partial charge >= 0.3 is 0 Å². The molecule has 0 atom stereocenters. The molecule has 0 bridgehead atoms. The topological polar surface area (TPSA) is 68.0 Å². The maximum Gasteiger partial charge on any atom is 0.255 e. The van der Waals surface area contributed by atoms with E-state index >= 15 is 0 Å². The third kappa shape index (κ3) is 5.33. The molecule has 0 aliphatic heterocycles. The van der Waals surface area contributed by atoms with E-state index in [1.165, 1.54) is 5.56 Å². The van der Waals surface area contributed by atoms with Gasteiger partial charge in [0.05, 0.1) is 5.52 Å². The Bertz CT molecular complexity index is 1220. The Morgan fingerprint density at radius 2 is 1.62 bits per heavy atom. The highest BCUT2D eigenvalue weighted by Crippen LogP contribution is 2.25. The molecular weight excluding hydrogens is 394 g/mol. The molecule has 1 aromatic heterocycles. The van der Waals surface area contributed by atoms with Crippen LogP contribution in [0, 0.1) is 6.92 Å². The number of aryl methyl sites for hydroxylation is 3. The van der Waals surface area contributed by atoms with Crippen molar-refractivity contribution in [3.63, 3.8) is 0 Å². The fourth-order valence-corrected chi connectivity index (χ4v) is 4.09. The van der Waals surface area contributed by atoms with Crippen molar-refractivity contribution < 1.29 is 4.79 Å². The number of pyridine rings is 1. The summed E-state index contributed by atoms with van der Waals surface area (Å²) in [6.07, 6.45) is 5.36. The second kappa shape index (κ2) is 10.1. The van der Waals surface area contributed by atoms with Crippen molar-refractivity contribution in [2.24, 2.45) is 0 Å². The second-order valence-electron chi connectivity index (χ2n) is 8.24. The molecule has 1 amide bonds. The number of nitrogens with zero attached hydrogens (tertiary/aromatic N) is 1. The third-order valence-electron chi connectivity index (χ3n) is 5.74. The lowest BCUT2D eigenvalue weighted by molar-refractivity contribution is 0.102. The Balaban J connectivity index is 1.38. The monoisotopic (exact) mass is 423 g/mol. The van der Waals surface area contributed by atoms with Crippen molar-refractivity contribution in [3.05, 3.63) is 101 Å². The summed E-state index contributed by atoms with van der Waals surface area (Å²) in [5, 5.41) is 3.88. The molecule has 4 rings (SSSR count). The molecule has 0 unspecified atom stereocenters. The normalized spacial score (nSPS) is 10.9. The third-order valence-corrected chi connectivity index (χ3v) is 5.74. The van der Waals surface area contributed by atoms with Crippen LogP contribution in [0.3, 0.4) is 0 Å². The molecule has 0 aliphatic rings. The van der Waals surface area contributed by atoms with Crippen molar-refractivity contribution in [1.82, 2.24) is 4.98 Å². The van der Waals surface area contributed by atoms with Gasteiger partial charge in [0, 0.05) is 28.0 Å². The fourth-order valence-electron chi connectivity index (χ4n) is 4.09. The molecule has 4 heteroatoms. The highest BCUT2D eigenvalue weighted by molar-refractivity contribution is 6.06. The van der Waals surface area contributed by atoms with Crippen LogP contribution >= 0.6 is 0 Å². The number of nitrogens with two attached hydrogens (primary N) is 1. The minimum atomic E-state index is -0.0946. The molecule has 32 heavy (non-hydrogen) atoms. The number of nitrogens with one attached hydrogen (secondary N) is 1. The number of carbonyl (C=O) groups is 1. The second-order valence-corrected chi connectivity index (χ2v) is 8.24. The van der Waals surface area contributed by atoms with Crippen molar-refractivity contribution >= 4 is 28.2 Å². The summed E-state index contributed by atoms with van der Waals surface area (Å²) in [7, 11) is 0. The first-order valence-corrected chi connectivity index (χ1v) is 11.2. The zero-order chi connectivity index (χ0) is 22.3. The number of rotatable bonds is 8. The van der Waals surface area contributed by atoms with Crippen molar-refractivity contribution in [1.29, 1.82) is 0 Å². The van der Waals surface area contributed by atoms with Gasteiger partial charge < -0.3 is 11.1 Å². The predicted octanol–water partition coefficient (Wildman–Crippen LogP) is 6.33. The van der Waals surface area contributed by atoms with E-state index in [0.29, 0.717) is 5.69 Å². The van der Waals surface area contributed by atoms with E-state index < -0.39 is 0 Å². The summed E-state index contributed by atoms with van der Waals surface area (Å²) < 4.78 is 0. The largest absolute Gasteiger partial charge is 0.398 e. The Labute approximate surface area is 189 Å². The smallest absolute Gasteiger partial charge is 0.255 e. The highest BCUT2D eigenvalue weighted by Gasteiger charge is 2.12. The quantitative estimate of drug-likeness (QED) is 0.325. The van der Waals surface area contributed by atoms with Gasteiger partial charge in [-0.25, -0.2) is 0 Å². The van der Waals surface area contributed by atoms with Crippen LogP contribution in [0.15, 0.2) is 78.9 Å². The Morgan fingerprint density at radius 3 is 2.47 bits per heavy atom. The molecule has 3 N–H and O–H groups in total. The molecule has 0 aliphatic carbocycles. The molecule has 0 spiro atoms. The molecule has 4 nitrogen and oxygen atoms in total. The zero-order valence-corrected chi connectivity index (χ0v) is 18.5. The Hall–Kier alpha value is -3.66. The number of fused-ring (bicyclic) bond motifs is 1. The average Bonchev–Trinajstić information content (AvgIpc) is 2.80. The first kappa shape index (κ1) is 21.6. The maximum absolute atomic E-state index is 13.0. The number of nitrogen functional groups attached to an aromatic ring is 1.